The summed E-state index contributed by atoms with van der Waals surface area (Å²) in [6.45, 7) is 18.0. The maximum Gasteiger partial charge on any atom is 0.0885 e. The molecule has 198 valence electrons. The number of fused-ring (bicyclic) bond motifs is 11. The summed E-state index contributed by atoms with van der Waals surface area (Å²) in [4.78, 5) is 18.3. The SMILES string of the molecule is CC1=Nc2ccccc2N=C(C)C(C)(C)c2[nH]c(c3ccccc23)C(C)(C)c2[nH]c(c3ccccc23)C1(C)C. The van der Waals surface area contributed by atoms with Gasteiger partial charge in [-0.25, -0.2) is 0 Å². The van der Waals surface area contributed by atoms with Crippen molar-refractivity contribution in [3.8, 4) is 0 Å². The minimum Gasteiger partial charge on any atom is -0.360 e. The average molecular weight is 515 g/mol. The number of para-hydroxylation sites is 2. The Bertz CT molecular complexity index is 1670. The molecule has 0 atom stereocenters. The Morgan fingerprint density at radius 3 is 1.05 bits per heavy atom. The monoisotopic (exact) mass is 514 g/mol. The fourth-order valence-corrected chi connectivity index (χ4v) is 6.11. The maximum absolute atomic E-state index is 5.21. The first-order valence-electron chi connectivity index (χ1n) is 13.9. The van der Waals surface area contributed by atoms with Gasteiger partial charge in [0, 0.05) is 72.0 Å². The van der Waals surface area contributed by atoms with E-state index in [1.807, 2.05) is 12.1 Å². The van der Waals surface area contributed by atoms with Gasteiger partial charge < -0.3 is 9.97 Å². The molecule has 0 aliphatic carbocycles. The third-order valence-corrected chi connectivity index (χ3v) is 9.20. The summed E-state index contributed by atoms with van der Waals surface area (Å²) in [6.07, 6.45) is 0. The van der Waals surface area contributed by atoms with E-state index in [0.717, 1.165) is 22.8 Å². The van der Waals surface area contributed by atoms with Crippen LogP contribution in [0, 0.1) is 0 Å². The van der Waals surface area contributed by atoms with Crippen molar-refractivity contribution in [2.45, 2.75) is 71.6 Å². The van der Waals surface area contributed by atoms with Crippen LogP contribution >= 0.6 is 0 Å². The molecule has 4 nitrogen and oxygen atoms in total. The molecule has 2 aromatic heterocycles. The van der Waals surface area contributed by atoms with Crippen LogP contribution in [0.5, 0.6) is 0 Å². The molecule has 39 heavy (non-hydrogen) atoms. The zero-order valence-corrected chi connectivity index (χ0v) is 24.3. The van der Waals surface area contributed by atoms with Crippen molar-refractivity contribution in [1.29, 1.82) is 0 Å². The third-order valence-electron chi connectivity index (χ3n) is 9.20. The average Bonchev–Trinajstić information content (AvgIpc) is 3.50. The van der Waals surface area contributed by atoms with Crippen molar-refractivity contribution in [1.82, 2.24) is 9.97 Å². The van der Waals surface area contributed by atoms with Crippen molar-refractivity contribution in [2.75, 3.05) is 0 Å². The number of benzene rings is 3. The van der Waals surface area contributed by atoms with Gasteiger partial charge in [-0.1, -0.05) is 60.7 Å². The first-order valence-corrected chi connectivity index (χ1v) is 13.9. The van der Waals surface area contributed by atoms with Gasteiger partial charge in [0.25, 0.3) is 0 Å². The number of aliphatic imine (C=N–C) groups is 2. The molecular weight excluding hydrogens is 476 g/mol. The lowest BCUT2D eigenvalue weighted by Gasteiger charge is -2.27. The highest BCUT2D eigenvalue weighted by atomic mass is 14.9. The number of nitrogens with one attached hydrogen (secondary N) is 2. The largest absolute Gasteiger partial charge is 0.360 e. The summed E-state index contributed by atoms with van der Waals surface area (Å²) in [5.41, 5.74) is 7.68. The second-order valence-electron chi connectivity index (χ2n) is 12.6. The van der Waals surface area contributed by atoms with E-state index in [1.54, 1.807) is 0 Å². The molecule has 3 heterocycles. The van der Waals surface area contributed by atoms with E-state index < -0.39 is 0 Å². The van der Waals surface area contributed by atoms with Crippen molar-refractivity contribution < 1.29 is 0 Å². The Kier molecular flexibility index (Phi) is 5.55. The van der Waals surface area contributed by atoms with Crippen molar-refractivity contribution >= 4 is 44.3 Å². The highest BCUT2D eigenvalue weighted by molar-refractivity contribution is 6.03. The minimum absolute atomic E-state index is 0.318. The topological polar surface area (TPSA) is 56.3 Å². The highest BCUT2D eigenvalue weighted by Crippen LogP contribution is 2.45. The predicted molar refractivity (Wildman–Crippen MR) is 167 cm³/mol. The van der Waals surface area contributed by atoms with Crippen LogP contribution in [0.2, 0.25) is 0 Å². The predicted octanol–water partition coefficient (Wildman–Crippen LogP) is 9.43. The van der Waals surface area contributed by atoms with Crippen molar-refractivity contribution in [3.05, 3.63) is 95.6 Å². The van der Waals surface area contributed by atoms with Crippen molar-refractivity contribution in [3.63, 3.8) is 0 Å². The second-order valence-corrected chi connectivity index (χ2v) is 12.6. The smallest absolute Gasteiger partial charge is 0.0885 e. The fraction of sp³-hybridized carbons (Fsp3) is 0.314. The lowest BCUT2D eigenvalue weighted by molar-refractivity contribution is 0.593. The molecule has 2 N–H and O–H groups in total. The molecular formula is C35H38N4. The van der Waals surface area contributed by atoms with Crippen LogP contribution in [-0.4, -0.2) is 21.4 Å². The van der Waals surface area contributed by atoms with E-state index in [2.05, 4.69) is 126 Å². The molecule has 6 rings (SSSR count). The van der Waals surface area contributed by atoms with E-state index in [9.17, 15) is 0 Å². The van der Waals surface area contributed by atoms with E-state index >= 15 is 0 Å². The number of aromatic amines is 2. The van der Waals surface area contributed by atoms with Gasteiger partial charge in [-0.3, -0.25) is 9.98 Å². The van der Waals surface area contributed by atoms with Crippen LogP contribution in [0.25, 0.3) is 21.5 Å². The Hall–Kier alpha value is -3.92. The van der Waals surface area contributed by atoms with Gasteiger partial charge in [0.2, 0.25) is 0 Å². The lowest BCUT2D eigenvalue weighted by Crippen LogP contribution is -2.28. The van der Waals surface area contributed by atoms with Gasteiger partial charge in [-0.2, -0.15) is 0 Å². The summed E-state index contributed by atoms with van der Waals surface area (Å²) in [5, 5.41) is 4.99. The number of aromatic nitrogens is 2. The number of nitrogens with zero attached hydrogens (tertiary/aromatic N) is 2. The molecule has 0 radical (unpaired) electrons. The van der Waals surface area contributed by atoms with Gasteiger partial charge in [-0.15, -0.1) is 0 Å². The molecule has 0 unspecified atom stereocenters. The van der Waals surface area contributed by atoms with Gasteiger partial charge >= 0.3 is 0 Å². The molecule has 0 spiro atoms. The van der Waals surface area contributed by atoms with Crippen molar-refractivity contribution in [2.24, 2.45) is 9.98 Å². The van der Waals surface area contributed by atoms with E-state index in [1.165, 1.54) is 44.3 Å². The maximum atomic E-state index is 5.21. The standard InChI is InChI=1S/C35H38N4/c1-21-33(3,4)29-23-15-9-11-17-25(23)31(38-29)35(7,8)32-26-18-12-10-16-24(26)30(39-32)34(5,6)22(2)37-28-20-14-13-19-27(28)36-21/h9-20,38-39H,1-8H3. The Morgan fingerprint density at radius 2 is 0.718 bits per heavy atom. The summed E-state index contributed by atoms with van der Waals surface area (Å²) in [6, 6.07) is 25.8. The molecule has 0 saturated heterocycles. The van der Waals surface area contributed by atoms with Crippen LogP contribution in [0.1, 0.15) is 78.2 Å². The second kappa shape index (κ2) is 8.54. The van der Waals surface area contributed by atoms with Crippen LogP contribution in [-0.2, 0) is 16.2 Å². The zero-order valence-electron chi connectivity index (χ0n) is 24.3. The van der Waals surface area contributed by atoms with E-state index in [-0.39, 0.29) is 16.2 Å². The third kappa shape index (κ3) is 3.72. The molecule has 1 aliphatic heterocycles. The molecule has 0 fully saturated rings. The number of H-pyrrole nitrogens is 2. The van der Waals surface area contributed by atoms with Gasteiger partial charge in [0.15, 0.2) is 0 Å². The molecule has 0 saturated carbocycles. The van der Waals surface area contributed by atoms with Crippen LogP contribution in [0.4, 0.5) is 11.4 Å². The van der Waals surface area contributed by atoms with E-state index in [0.29, 0.717) is 0 Å². The number of hydrogen-bond donors (Lipinski definition) is 2. The highest BCUT2D eigenvalue weighted by Gasteiger charge is 2.38. The molecule has 4 heteroatoms. The summed E-state index contributed by atoms with van der Waals surface area (Å²) in [5.74, 6) is 0. The Morgan fingerprint density at radius 1 is 0.436 bits per heavy atom. The summed E-state index contributed by atoms with van der Waals surface area (Å²) in [7, 11) is 0. The summed E-state index contributed by atoms with van der Waals surface area (Å²) < 4.78 is 0. The quantitative estimate of drug-likeness (QED) is 0.207. The molecule has 4 bridgehead atoms. The number of rotatable bonds is 0. The molecule has 0 amide bonds. The fourth-order valence-electron chi connectivity index (χ4n) is 6.11. The first kappa shape index (κ1) is 25.4. The Labute approximate surface area is 231 Å². The number of hydrogen-bond acceptors (Lipinski definition) is 2. The Balaban J connectivity index is 1.78. The zero-order chi connectivity index (χ0) is 27.7. The minimum atomic E-state index is -0.331. The van der Waals surface area contributed by atoms with Crippen LogP contribution < -0.4 is 0 Å². The summed E-state index contributed by atoms with van der Waals surface area (Å²) >= 11 is 0. The molecule has 3 aromatic carbocycles. The van der Waals surface area contributed by atoms with Gasteiger partial charge in [0.05, 0.1) is 11.4 Å². The van der Waals surface area contributed by atoms with Gasteiger partial charge in [-0.05, 0) is 67.5 Å². The van der Waals surface area contributed by atoms with E-state index in [4.69, 9.17) is 9.98 Å². The van der Waals surface area contributed by atoms with Crippen LogP contribution in [0.15, 0.2) is 82.8 Å². The van der Waals surface area contributed by atoms with Gasteiger partial charge in [0.1, 0.15) is 0 Å². The normalized spacial score (nSPS) is 18.2. The van der Waals surface area contributed by atoms with Crippen LogP contribution in [0.3, 0.4) is 0 Å². The molecule has 1 aliphatic rings. The lowest BCUT2D eigenvalue weighted by atomic mass is 9.81. The molecule has 5 aromatic rings. The first-order chi connectivity index (χ1) is 18.4.